The zero-order chi connectivity index (χ0) is 23.5. The van der Waals surface area contributed by atoms with E-state index in [9.17, 15) is 0 Å². The van der Waals surface area contributed by atoms with Crippen LogP contribution < -0.4 is 20.4 Å². The first-order chi connectivity index (χ1) is 15.1. The molecule has 0 aliphatic carbocycles. The molecule has 0 amide bonds. The molecule has 1 aliphatic rings. The van der Waals surface area contributed by atoms with E-state index in [0.29, 0.717) is 34.6 Å². The zero-order valence-electron chi connectivity index (χ0n) is 20.0. The number of nitrogens with zero attached hydrogens (tertiary/aromatic N) is 5. The highest BCUT2D eigenvalue weighted by Gasteiger charge is 2.39. The van der Waals surface area contributed by atoms with E-state index >= 15 is 0 Å². The second kappa shape index (κ2) is 9.20. The first kappa shape index (κ1) is 23.6. The monoisotopic (exact) mass is 438 g/mol. The standard InChI is InChI=1S/C23H34N8O/c1-22(2)12-15(13-23(3,4)30-22)31(6)20-11-10-18(28-29-20)17-9-8-16(21(26-17)32-7)19(14-24)27-25-5/h8-11,14-15,24-25,30H,12-13H2,1-7H3/b24-14?,27-19+. The lowest BCUT2D eigenvalue weighted by atomic mass is 9.79. The van der Waals surface area contributed by atoms with Gasteiger partial charge in [0.2, 0.25) is 5.88 Å². The minimum absolute atomic E-state index is 0.0577. The van der Waals surface area contributed by atoms with Crippen molar-refractivity contribution in [3.05, 3.63) is 29.8 Å². The highest BCUT2D eigenvalue weighted by Crippen LogP contribution is 2.32. The van der Waals surface area contributed by atoms with Gasteiger partial charge in [-0.2, -0.15) is 5.10 Å². The predicted octanol–water partition coefficient (Wildman–Crippen LogP) is 2.87. The molecule has 0 unspecified atom stereocenters. The van der Waals surface area contributed by atoms with Crippen LogP contribution in [0.5, 0.6) is 5.88 Å². The molecule has 3 heterocycles. The summed E-state index contributed by atoms with van der Waals surface area (Å²) >= 11 is 0. The van der Waals surface area contributed by atoms with Crippen molar-refractivity contribution in [1.82, 2.24) is 25.9 Å². The molecule has 0 radical (unpaired) electrons. The average Bonchev–Trinajstić information content (AvgIpc) is 2.74. The van der Waals surface area contributed by atoms with Gasteiger partial charge in [-0.1, -0.05) is 0 Å². The van der Waals surface area contributed by atoms with E-state index in [2.05, 4.69) is 70.7 Å². The lowest BCUT2D eigenvalue weighted by Crippen LogP contribution is -2.62. The highest BCUT2D eigenvalue weighted by atomic mass is 16.5. The number of aromatic nitrogens is 3. The van der Waals surface area contributed by atoms with Gasteiger partial charge in [-0.3, -0.25) is 0 Å². The molecular weight excluding hydrogens is 404 g/mol. The molecule has 0 atom stereocenters. The second-order valence-corrected chi connectivity index (χ2v) is 9.46. The van der Waals surface area contributed by atoms with Crippen LogP contribution >= 0.6 is 0 Å². The fourth-order valence-corrected chi connectivity index (χ4v) is 4.60. The summed E-state index contributed by atoms with van der Waals surface area (Å²) in [6.45, 7) is 8.99. The van der Waals surface area contributed by atoms with Crippen LogP contribution in [0.25, 0.3) is 11.4 Å². The van der Waals surface area contributed by atoms with Crippen LogP contribution in [-0.4, -0.2) is 65.4 Å². The molecule has 2 aromatic rings. The van der Waals surface area contributed by atoms with Crippen LogP contribution in [0, 0.1) is 5.41 Å². The number of rotatable bonds is 7. The Bertz CT molecular complexity index is 968. The molecule has 2 aromatic heterocycles. The minimum Gasteiger partial charge on any atom is -0.480 e. The van der Waals surface area contributed by atoms with Crippen molar-refractivity contribution in [2.45, 2.75) is 57.7 Å². The summed E-state index contributed by atoms with van der Waals surface area (Å²) in [4.78, 5) is 6.78. The topological polar surface area (TPSA) is 111 Å². The van der Waals surface area contributed by atoms with Gasteiger partial charge in [0.25, 0.3) is 0 Å². The van der Waals surface area contributed by atoms with Crippen molar-refractivity contribution in [3.63, 3.8) is 0 Å². The SMILES string of the molecule is CN/N=C(\C=N)c1ccc(-c2ccc(N(C)C3CC(C)(C)NC(C)(C)C3)nn2)nc1OC. The summed E-state index contributed by atoms with van der Waals surface area (Å²) < 4.78 is 5.43. The third-order valence-corrected chi connectivity index (χ3v) is 5.69. The number of methoxy groups -OCH3 is 1. The third kappa shape index (κ3) is 5.21. The molecular formula is C23H34N8O. The van der Waals surface area contributed by atoms with E-state index in [1.807, 2.05) is 24.3 Å². The molecule has 0 bridgehead atoms. The van der Waals surface area contributed by atoms with E-state index in [1.54, 1.807) is 14.2 Å². The molecule has 0 spiro atoms. The molecule has 3 rings (SSSR count). The van der Waals surface area contributed by atoms with Gasteiger partial charge < -0.3 is 25.8 Å². The van der Waals surface area contributed by atoms with E-state index in [-0.39, 0.29) is 11.1 Å². The van der Waals surface area contributed by atoms with Crippen LogP contribution in [0.1, 0.15) is 46.1 Å². The third-order valence-electron chi connectivity index (χ3n) is 5.69. The second-order valence-electron chi connectivity index (χ2n) is 9.46. The Labute approximate surface area is 190 Å². The summed E-state index contributed by atoms with van der Waals surface area (Å²) in [6.07, 6.45) is 3.21. The van der Waals surface area contributed by atoms with Gasteiger partial charge in [-0.05, 0) is 64.8 Å². The van der Waals surface area contributed by atoms with Gasteiger partial charge in [0.1, 0.15) is 11.4 Å². The van der Waals surface area contributed by atoms with Crippen molar-refractivity contribution in [2.75, 3.05) is 26.1 Å². The van der Waals surface area contributed by atoms with Gasteiger partial charge in [0.05, 0.1) is 18.4 Å². The van der Waals surface area contributed by atoms with Crippen LogP contribution in [-0.2, 0) is 0 Å². The Balaban J connectivity index is 1.84. The molecule has 0 aromatic carbocycles. The Hall–Kier alpha value is -3.07. The highest BCUT2D eigenvalue weighted by molar-refractivity contribution is 6.37. The van der Waals surface area contributed by atoms with Crippen molar-refractivity contribution in [3.8, 4) is 17.3 Å². The van der Waals surface area contributed by atoms with E-state index in [1.165, 1.54) is 0 Å². The van der Waals surface area contributed by atoms with Gasteiger partial charge in [-0.25, -0.2) is 4.98 Å². The van der Waals surface area contributed by atoms with Crippen molar-refractivity contribution < 1.29 is 4.74 Å². The molecule has 3 N–H and O–H groups in total. The molecule has 32 heavy (non-hydrogen) atoms. The van der Waals surface area contributed by atoms with Gasteiger partial charge in [0.15, 0.2) is 5.82 Å². The maximum Gasteiger partial charge on any atom is 0.223 e. The summed E-state index contributed by atoms with van der Waals surface area (Å²) in [6, 6.07) is 7.93. The first-order valence-electron chi connectivity index (χ1n) is 10.8. The van der Waals surface area contributed by atoms with E-state index in [0.717, 1.165) is 24.9 Å². The molecule has 0 saturated carbocycles. The lowest BCUT2D eigenvalue weighted by molar-refractivity contribution is 0.160. The Morgan fingerprint density at radius 3 is 2.34 bits per heavy atom. The first-order valence-corrected chi connectivity index (χ1v) is 10.8. The minimum atomic E-state index is 0.0577. The Kier molecular flexibility index (Phi) is 6.78. The largest absolute Gasteiger partial charge is 0.480 e. The number of ether oxygens (including phenoxy) is 1. The smallest absolute Gasteiger partial charge is 0.223 e. The molecule has 1 saturated heterocycles. The number of anilines is 1. The van der Waals surface area contributed by atoms with Crippen LogP contribution in [0.4, 0.5) is 5.82 Å². The zero-order valence-corrected chi connectivity index (χ0v) is 20.0. The predicted molar refractivity (Wildman–Crippen MR) is 129 cm³/mol. The summed E-state index contributed by atoms with van der Waals surface area (Å²) in [5.41, 5.74) is 5.16. The van der Waals surface area contributed by atoms with Crippen molar-refractivity contribution in [2.24, 2.45) is 5.10 Å². The van der Waals surface area contributed by atoms with E-state index in [4.69, 9.17) is 10.1 Å². The quantitative estimate of drug-likeness (QED) is 0.450. The summed E-state index contributed by atoms with van der Waals surface area (Å²) in [7, 11) is 5.31. The molecule has 9 heteroatoms. The normalized spacial score (nSPS) is 18.2. The fraction of sp³-hybridized carbons (Fsp3) is 0.522. The van der Waals surface area contributed by atoms with Crippen LogP contribution in [0.3, 0.4) is 0 Å². The number of hydrogen-bond donors (Lipinski definition) is 3. The number of hydrazone groups is 1. The molecule has 1 fully saturated rings. The average molecular weight is 439 g/mol. The Morgan fingerprint density at radius 1 is 1.16 bits per heavy atom. The van der Waals surface area contributed by atoms with Gasteiger partial charge in [-0.15, -0.1) is 10.2 Å². The van der Waals surface area contributed by atoms with Crippen molar-refractivity contribution in [1.29, 1.82) is 5.41 Å². The summed E-state index contributed by atoms with van der Waals surface area (Å²) in [5, 5.41) is 24.3. The fourth-order valence-electron chi connectivity index (χ4n) is 4.60. The van der Waals surface area contributed by atoms with Gasteiger partial charge >= 0.3 is 0 Å². The van der Waals surface area contributed by atoms with E-state index < -0.39 is 0 Å². The Morgan fingerprint density at radius 2 is 1.81 bits per heavy atom. The number of pyridine rings is 1. The van der Waals surface area contributed by atoms with Crippen LogP contribution in [0.15, 0.2) is 29.4 Å². The number of hydrogen-bond acceptors (Lipinski definition) is 9. The van der Waals surface area contributed by atoms with Gasteiger partial charge in [0, 0.05) is 37.4 Å². The van der Waals surface area contributed by atoms with Crippen LogP contribution in [0.2, 0.25) is 0 Å². The lowest BCUT2D eigenvalue weighted by Gasteiger charge is -2.49. The molecule has 172 valence electrons. The summed E-state index contributed by atoms with van der Waals surface area (Å²) in [5.74, 6) is 1.21. The molecule has 1 aliphatic heterocycles. The maximum atomic E-state index is 7.58. The maximum absolute atomic E-state index is 7.58. The molecule has 9 nitrogen and oxygen atoms in total. The van der Waals surface area contributed by atoms with Crippen molar-refractivity contribution >= 4 is 17.7 Å². The number of nitrogens with one attached hydrogen (secondary N) is 3. The number of piperidine rings is 1.